The SMILES string of the molecule is CON=C(C(=O)N[C@@H]1C(=O)N2C(C(=O)O)=C(OS(=O)(=O)C(F)(F)F)C(C(c3ccccc3)c3ccccc3)C[C@H]12)c1nc(N)sc1Cl. The molecule has 2 amide bonds. The Bertz CT molecular complexity index is 1850. The van der Waals surface area contributed by atoms with Crippen LogP contribution in [0.2, 0.25) is 4.34 Å². The number of carboxylic acid groups (broad SMARTS) is 1. The van der Waals surface area contributed by atoms with Crippen molar-refractivity contribution in [2.24, 2.45) is 11.1 Å². The van der Waals surface area contributed by atoms with Gasteiger partial charge >= 0.3 is 21.6 Å². The summed E-state index contributed by atoms with van der Waals surface area (Å²) in [7, 11) is -5.27. The second-order valence-corrected chi connectivity index (χ2v) is 13.3. The molecule has 1 fully saturated rings. The number of halogens is 4. The van der Waals surface area contributed by atoms with Crippen molar-refractivity contribution in [1.82, 2.24) is 15.2 Å². The number of nitrogens with one attached hydrogen (secondary N) is 1. The molecule has 1 saturated heterocycles. The number of rotatable bonds is 10. The molecule has 0 spiro atoms. The Kier molecular flexibility index (Phi) is 9.20. The number of oxime groups is 1. The third-order valence-electron chi connectivity index (χ3n) is 7.44. The van der Waals surface area contributed by atoms with Gasteiger partial charge in [0.15, 0.2) is 22.3 Å². The lowest BCUT2D eigenvalue weighted by atomic mass is 9.71. The number of nitrogens with zero attached hydrogens (tertiary/aromatic N) is 3. The molecule has 0 radical (unpaired) electrons. The fourth-order valence-corrected chi connectivity index (χ4v) is 7.04. The van der Waals surface area contributed by atoms with E-state index in [0.29, 0.717) is 16.0 Å². The zero-order valence-corrected chi connectivity index (χ0v) is 26.2. The number of allylic oxidation sites excluding steroid dienone is 1. The van der Waals surface area contributed by atoms with Gasteiger partial charge in [0, 0.05) is 11.8 Å². The van der Waals surface area contributed by atoms with Crippen molar-refractivity contribution in [2.45, 2.75) is 29.9 Å². The van der Waals surface area contributed by atoms with Gasteiger partial charge in [-0.1, -0.05) is 88.8 Å². The molecular weight excluding hydrogens is 691 g/mol. The highest BCUT2D eigenvalue weighted by molar-refractivity contribution is 7.87. The summed E-state index contributed by atoms with van der Waals surface area (Å²) in [5.41, 5.74) is -1.04. The number of carbonyl (C=O) groups excluding carboxylic acids is 2. The third kappa shape index (κ3) is 6.35. The number of hydrogen-bond acceptors (Lipinski definition) is 11. The van der Waals surface area contributed by atoms with Gasteiger partial charge in [0.1, 0.15) is 23.2 Å². The monoisotopic (exact) mass is 713 g/mol. The lowest BCUT2D eigenvalue weighted by Crippen LogP contribution is -2.73. The molecule has 47 heavy (non-hydrogen) atoms. The minimum Gasteiger partial charge on any atom is -0.476 e. The van der Waals surface area contributed by atoms with Crippen molar-refractivity contribution in [1.29, 1.82) is 0 Å². The first-order valence-electron chi connectivity index (χ1n) is 13.4. The molecule has 2 aliphatic heterocycles. The van der Waals surface area contributed by atoms with Gasteiger partial charge in [-0.3, -0.25) is 14.5 Å². The van der Waals surface area contributed by atoms with Gasteiger partial charge in [-0.05, 0) is 17.5 Å². The number of nitrogens with two attached hydrogens (primary N) is 1. The van der Waals surface area contributed by atoms with Crippen molar-refractivity contribution in [3.63, 3.8) is 0 Å². The van der Waals surface area contributed by atoms with Crippen LogP contribution in [0.4, 0.5) is 18.3 Å². The normalized spacial score (nSPS) is 20.0. The molecule has 4 N–H and O–H groups in total. The predicted octanol–water partition coefficient (Wildman–Crippen LogP) is 3.44. The van der Waals surface area contributed by atoms with Crippen molar-refractivity contribution < 1.29 is 50.1 Å². The number of benzene rings is 2. The molecule has 0 aliphatic carbocycles. The Morgan fingerprint density at radius 1 is 1.15 bits per heavy atom. The van der Waals surface area contributed by atoms with E-state index in [0.717, 1.165) is 18.4 Å². The van der Waals surface area contributed by atoms with Crippen molar-refractivity contribution in [3.8, 4) is 0 Å². The van der Waals surface area contributed by atoms with E-state index in [-0.39, 0.29) is 21.6 Å². The summed E-state index contributed by atoms with van der Waals surface area (Å²) in [6, 6.07) is 13.8. The number of amides is 2. The lowest BCUT2D eigenvalue weighted by Gasteiger charge is -2.52. The number of carbonyl (C=O) groups is 3. The molecule has 3 atom stereocenters. The molecule has 2 aliphatic rings. The van der Waals surface area contributed by atoms with Crippen LogP contribution >= 0.6 is 22.9 Å². The second-order valence-electron chi connectivity index (χ2n) is 10.2. The first-order chi connectivity index (χ1) is 22.2. The molecule has 5 rings (SSSR count). The lowest BCUT2D eigenvalue weighted by molar-refractivity contribution is -0.157. The van der Waals surface area contributed by atoms with Crippen LogP contribution in [0.25, 0.3) is 0 Å². The summed E-state index contributed by atoms with van der Waals surface area (Å²) in [5.74, 6) is -7.48. The Morgan fingerprint density at radius 3 is 2.19 bits per heavy atom. The quantitative estimate of drug-likeness (QED) is 0.0923. The average Bonchev–Trinajstić information content (AvgIpc) is 3.36. The van der Waals surface area contributed by atoms with Gasteiger partial charge in [0.05, 0.1) is 6.04 Å². The molecule has 3 heterocycles. The first kappa shape index (κ1) is 33.7. The van der Waals surface area contributed by atoms with Crippen molar-refractivity contribution in [3.05, 3.63) is 93.3 Å². The van der Waals surface area contributed by atoms with Crippen LogP contribution in [-0.4, -0.2) is 71.6 Å². The van der Waals surface area contributed by atoms with Crippen LogP contribution < -0.4 is 11.1 Å². The van der Waals surface area contributed by atoms with Gasteiger partial charge in [0.25, 0.3) is 11.8 Å². The molecule has 3 aromatic rings. The standard InChI is InChI=1S/C28H23ClF3N5O8S2/c1-44-36-20(19-23(29)46-27(33)35-19)24(38)34-18-16-12-15(17(13-8-4-2-5-9-13)14-10-6-3-7-11-14)22(45-47(42,43)28(30,31)32)21(26(40)41)37(16)25(18)39/h2-11,15-18H,12H2,1H3,(H2,33,35)(H,34,38)(H,40,41)/t15?,16-,18+/m1/s1. The molecule has 13 nitrogen and oxygen atoms in total. The molecule has 2 aromatic carbocycles. The number of anilines is 1. The van der Waals surface area contributed by atoms with Crippen LogP contribution in [0.3, 0.4) is 0 Å². The van der Waals surface area contributed by atoms with Crippen LogP contribution in [-0.2, 0) is 33.5 Å². The van der Waals surface area contributed by atoms with Gasteiger partial charge in [-0.25, -0.2) is 9.78 Å². The maximum absolute atomic E-state index is 13.6. The summed E-state index contributed by atoms with van der Waals surface area (Å²) in [4.78, 5) is 48.7. The minimum atomic E-state index is -6.40. The smallest absolute Gasteiger partial charge is 0.476 e. The number of carboxylic acids is 1. The molecular formula is C28H23ClF3N5O8S2. The third-order valence-corrected chi connectivity index (χ3v) is 9.49. The van der Waals surface area contributed by atoms with Gasteiger partial charge in [-0.2, -0.15) is 21.6 Å². The largest absolute Gasteiger partial charge is 0.534 e. The number of fused-ring (bicyclic) bond motifs is 1. The molecule has 248 valence electrons. The number of aromatic nitrogens is 1. The minimum absolute atomic E-state index is 0.00642. The van der Waals surface area contributed by atoms with E-state index in [1.807, 2.05) is 0 Å². The van der Waals surface area contributed by atoms with Crippen LogP contribution in [0, 0.1) is 5.92 Å². The molecule has 0 saturated carbocycles. The van der Waals surface area contributed by atoms with Crippen LogP contribution in [0.15, 0.2) is 77.3 Å². The summed E-state index contributed by atoms with van der Waals surface area (Å²) < 4.78 is 70.1. The van der Waals surface area contributed by atoms with Crippen LogP contribution in [0.1, 0.15) is 29.2 Å². The Balaban J connectivity index is 1.63. The Labute approximate surface area is 273 Å². The number of aliphatic carboxylic acids is 1. The summed E-state index contributed by atoms with van der Waals surface area (Å²) in [5, 5.41) is 16.3. The number of nitrogen functional groups attached to an aromatic ring is 1. The van der Waals surface area contributed by atoms with E-state index < -0.39 is 74.5 Å². The number of hydrogen-bond donors (Lipinski definition) is 3. The second kappa shape index (κ2) is 12.8. The maximum Gasteiger partial charge on any atom is 0.534 e. The van der Waals surface area contributed by atoms with E-state index in [1.165, 1.54) is 0 Å². The summed E-state index contributed by atoms with van der Waals surface area (Å²) in [6.45, 7) is 0. The van der Waals surface area contributed by atoms with E-state index in [1.54, 1.807) is 60.7 Å². The Hall–Kier alpha value is -4.68. The van der Waals surface area contributed by atoms with Gasteiger partial charge in [-0.15, -0.1) is 0 Å². The van der Waals surface area contributed by atoms with Gasteiger partial charge in [0.2, 0.25) is 0 Å². The van der Waals surface area contributed by atoms with Gasteiger partial charge < -0.3 is 25.2 Å². The highest BCUT2D eigenvalue weighted by atomic mass is 35.5. The van der Waals surface area contributed by atoms with E-state index in [9.17, 15) is 41.1 Å². The highest BCUT2D eigenvalue weighted by Gasteiger charge is 2.59. The first-order valence-corrected chi connectivity index (χ1v) is 16.0. The van der Waals surface area contributed by atoms with E-state index in [4.69, 9.17) is 22.2 Å². The molecule has 1 unspecified atom stereocenters. The summed E-state index contributed by atoms with van der Waals surface area (Å²) >= 11 is 6.97. The highest BCUT2D eigenvalue weighted by Crippen LogP contribution is 2.49. The van der Waals surface area contributed by atoms with Crippen molar-refractivity contribution in [2.75, 3.05) is 12.8 Å². The predicted molar refractivity (Wildman–Crippen MR) is 161 cm³/mol. The summed E-state index contributed by atoms with van der Waals surface area (Å²) in [6.07, 6.45) is -0.341. The molecule has 19 heteroatoms. The fraction of sp³-hybridized carbons (Fsp3) is 0.250. The number of β-lactam (4-membered cyclic amide) rings is 1. The van der Waals surface area contributed by atoms with E-state index in [2.05, 4.69) is 19.6 Å². The van der Waals surface area contributed by atoms with Crippen molar-refractivity contribution >= 4 is 61.7 Å². The van der Waals surface area contributed by atoms with E-state index >= 15 is 0 Å². The zero-order valence-electron chi connectivity index (χ0n) is 23.8. The molecule has 1 aromatic heterocycles. The average molecular weight is 714 g/mol. The maximum atomic E-state index is 13.6. The Morgan fingerprint density at radius 2 is 1.72 bits per heavy atom. The fourth-order valence-electron chi connectivity index (χ4n) is 5.58. The number of thiazole rings is 1. The number of alkyl halides is 3. The zero-order chi connectivity index (χ0) is 34.3. The molecule has 0 bridgehead atoms. The topological polar surface area (TPSA) is 191 Å². The van der Waals surface area contributed by atoms with Crippen LogP contribution in [0.5, 0.6) is 0 Å².